The summed E-state index contributed by atoms with van der Waals surface area (Å²) in [6.07, 6.45) is 0. The molecule has 0 atom stereocenters. The molecular weight excluding hydrogens is 304 g/mol. The van der Waals surface area contributed by atoms with Crippen molar-refractivity contribution in [1.29, 1.82) is 0 Å². The lowest BCUT2D eigenvalue weighted by Crippen LogP contribution is -2.12. The van der Waals surface area contributed by atoms with E-state index in [1.54, 1.807) is 19.1 Å². The maximum absolute atomic E-state index is 12.6. The highest BCUT2D eigenvalue weighted by Gasteiger charge is 2.23. The van der Waals surface area contributed by atoms with E-state index in [0.717, 1.165) is 11.1 Å². The fourth-order valence-electron chi connectivity index (χ4n) is 1.94. The molecule has 0 radical (unpaired) electrons. The molecule has 2 aromatic carbocycles. The molecule has 118 valence electrons. The van der Waals surface area contributed by atoms with E-state index in [9.17, 15) is 8.42 Å². The number of hydrogen-bond donors (Lipinski definition) is 0. The number of methoxy groups -OCH3 is 2. The maximum atomic E-state index is 12.6. The first-order valence-corrected chi connectivity index (χ1v) is 8.02. The Bertz CT molecular complexity index is 781. The van der Waals surface area contributed by atoms with Crippen molar-refractivity contribution >= 4 is 10.1 Å². The van der Waals surface area contributed by atoms with E-state index in [2.05, 4.69) is 0 Å². The first-order chi connectivity index (χ1) is 10.4. The van der Waals surface area contributed by atoms with E-state index in [1.807, 2.05) is 19.1 Å². The zero-order chi connectivity index (χ0) is 16.3. The average molecular weight is 322 g/mol. The van der Waals surface area contributed by atoms with Gasteiger partial charge in [-0.1, -0.05) is 12.1 Å². The lowest BCUT2D eigenvalue weighted by atomic mass is 10.1. The molecule has 0 saturated carbocycles. The van der Waals surface area contributed by atoms with Gasteiger partial charge in [-0.15, -0.1) is 0 Å². The topological polar surface area (TPSA) is 61.8 Å². The van der Waals surface area contributed by atoms with Crippen LogP contribution in [-0.2, 0) is 10.1 Å². The van der Waals surface area contributed by atoms with Gasteiger partial charge in [-0.05, 0) is 43.2 Å². The van der Waals surface area contributed by atoms with Crippen molar-refractivity contribution in [2.45, 2.75) is 18.7 Å². The molecule has 0 aromatic heterocycles. The third kappa shape index (κ3) is 3.33. The molecule has 0 aliphatic rings. The van der Waals surface area contributed by atoms with E-state index >= 15 is 0 Å². The molecule has 0 saturated heterocycles. The predicted molar refractivity (Wildman–Crippen MR) is 83.3 cm³/mol. The number of aryl methyl sites for hydroxylation is 2. The van der Waals surface area contributed by atoms with Crippen LogP contribution in [0.4, 0.5) is 0 Å². The average Bonchev–Trinajstić information content (AvgIpc) is 2.50. The zero-order valence-electron chi connectivity index (χ0n) is 12.9. The Kier molecular flexibility index (Phi) is 4.61. The van der Waals surface area contributed by atoms with Crippen molar-refractivity contribution in [2.75, 3.05) is 14.2 Å². The summed E-state index contributed by atoms with van der Waals surface area (Å²) in [5.41, 5.74) is 1.64. The normalized spacial score (nSPS) is 11.1. The summed E-state index contributed by atoms with van der Waals surface area (Å²) in [5, 5.41) is 0. The number of rotatable bonds is 5. The molecule has 0 heterocycles. The zero-order valence-corrected chi connectivity index (χ0v) is 13.7. The van der Waals surface area contributed by atoms with Gasteiger partial charge in [-0.25, -0.2) is 0 Å². The van der Waals surface area contributed by atoms with E-state index < -0.39 is 10.1 Å². The summed E-state index contributed by atoms with van der Waals surface area (Å²) in [7, 11) is -1.17. The predicted octanol–water partition coefficient (Wildman–Crippen LogP) is 3.09. The molecule has 0 fully saturated rings. The Morgan fingerprint density at radius 3 is 2.23 bits per heavy atom. The summed E-state index contributed by atoms with van der Waals surface area (Å²) >= 11 is 0. The van der Waals surface area contributed by atoms with Crippen molar-refractivity contribution in [1.82, 2.24) is 0 Å². The van der Waals surface area contributed by atoms with Gasteiger partial charge < -0.3 is 13.7 Å². The molecule has 0 bridgehead atoms. The molecule has 6 heteroatoms. The lowest BCUT2D eigenvalue weighted by molar-refractivity contribution is 0.388. The second-order valence-electron chi connectivity index (χ2n) is 4.82. The fourth-order valence-corrected chi connectivity index (χ4v) is 3.10. The van der Waals surface area contributed by atoms with Gasteiger partial charge in [0.05, 0.1) is 14.2 Å². The molecule has 0 aliphatic heterocycles. The highest BCUT2D eigenvalue weighted by Crippen LogP contribution is 2.31. The molecule has 2 aromatic rings. The third-order valence-corrected chi connectivity index (χ3v) is 4.44. The standard InChI is InChI=1S/C16H18O5S/c1-11-5-6-12(2)15(9-11)21-22(17,18)16-10-13(19-3)7-8-14(16)20-4/h5-10H,1-4H3. The van der Waals surface area contributed by atoms with Crippen LogP contribution in [0.5, 0.6) is 17.2 Å². The molecule has 2 rings (SSSR count). The van der Waals surface area contributed by atoms with E-state index in [1.165, 1.54) is 26.4 Å². The van der Waals surface area contributed by atoms with Gasteiger partial charge in [0.15, 0.2) is 4.90 Å². The molecule has 22 heavy (non-hydrogen) atoms. The second kappa shape index (κ2) is 6.27. The summed E-state index contributed by atoms with van der Waals surface area (Å²) in [6, 6.07) is 9.90. The summed E-state index contributed by atoms with van der Waals surface area (Å²) in [4.78, 5) is -0.0738. The van der Waals surface area contributed by atoms with Crippen molar-refractivity contribution < 1.29 is 22.1 Å². The van der Waals surface area contributed by atoms with Crippen molar-refractivity contribution in [2.24, 2.45) is 0 Å². The Hall–Kier alpha value is -2.21. The Morgan fingerprint density at radius 2 is 1.59 bits per heavy atom. The Balaban J connectivity index is 2.48. The van der Waals surface area contributed by atoms with Gasteiger partial charge in [0.25, 0.3) is 0 Å². The second-order valence-corrected chi connectivity index (χ2v) is 6.34. The molecule has 0 unspecified atom stereocenters. The van der Waals surface area contributed by atoms with E-state index in [0.29, 0.717) is 11.5 Å². The first kappa shape index (κ1) is 16.2. The highest BCUT2D eigenvalue weighted by molar-refractivity contribution is 7.87. The molecule has 0 amide bonds. The molecule has 0 spiro atoms. The van der Waals surface area contributed by atoms with Crippen LogP contribution in [0.3, 0.4) is 0 Å². The van der Waals surface area contributed by atoms with Crippen LogP contribution >= 0.6 is 0 Å². The van der Waals surface area contributed by atoms with Crippen LogP contribution in [0.25, 0.3) is 0 Å². The van der Waals surface area contributed by atoms with Gasteiger partial charge in [0, 0.05) is 6.07 Å². The first-order valence-electron chi connectivity index (χ1n) is 6.61. The van der Waals surface area contributed by atoms with Crippen LogP contribution in [0.2, 0.25) is 0 Å². The minimum atomic E-state index is -4.03. The van der Waals surface area contributed by atoms with E-state index in [-0.39, 0.29) is 10.6 Å². The number of benzene rings is 2. The highest BCUT2D eigenvalue weighted by atomic mass is 32.2. The minimum Gasteiger partial charge on any atom is -0.497 e. The Morgan fingerprint density at radius 1 is 0.864 bits per heavy atom. The van der Waals surface area contributed by atoms with Gasteiger partial charge in [-0.2, -0.15) is 8.42 Å². The number of hydrogen-bond acceptors (Lipinski definition) is 5. The largest absolute Gasteiger partial charge is 0.497 e. The van der Waals surface area contributed by atoms with Crippen LogP contribution in [0.15, 0.2) is 41.3 Å². The number of ether oxygens (including phenoxy) is 2. The van der Waals surface area contributed by atoms with Crippen molar-refractivity contribution in [3.05, 3.63) is 47.5 Å². The third-order valence-electron chi connectivity index (χ3n) is 3.18. The summed E-state index contributed by atoms with van der Waals surface area (Å²) in [6.45, 7) is 3.65. The lowest BCUT2D eigenvalue weighted by Gasteiger charge is -2.13. The van der Waals surface area contributed by atoms with Crippen LogP contribution < -0.4 is 13.7 Å². The molecule has 0 aliphatic carbocycles. The molecule has 5 nitrogen and oxygen atoms in total. The summed E-state index contributed by atoms with van der Waals surface area (Å²) in [5.74, 6) is 0.903. The van der Waals surface area contributed by atoms with Gasteiger partial charge in [0.2, 0.25) is 0 Å². The van der Waals surface area contributed by atoms with Gasteiger partial charge in [-0.3, -0.25) is 0 Å². The summed E-state index contributed by atoms with van der Waals surface area (Å²) < 4.78 is 40.6. The van der Waals surface area contributed by atoms with E-state index in [4.69, 9.17) is 13.7 Å². The van der Waals surface area contributed by atoms with Crippen LogP contribution in [0.1, 0.15) is 11.1 Å². The monoisotopic (exact) mass is 322 g/mol. The van der Waals surface area contributed by atoms with Gasteiger partial charge >= 0.3 is 10.1 Å². The molecular formula is C16H18O5S. The smallest absolute Gasteiger partial charge is 0.343 e. The molecule has 0 N–H and O–H groups in total. The van der Waals surface area contributed by atoms with Crippen LogP contribution in [0, 0.1) is 13.8 Å². The maximum Gasteiger partial charge on any atom is 0.343 e. The fraction of sp³-hybridized carbons (Fsp3) is 0.250. The quantitative estimate of drug-likeness (QED) is 0.792. The Labute approximate surface area is 130 Å². The SMILES string of the molecule is COc1ccc(OC)c(S(=O)(=O)Oc2cc(C)ccc2C)c1. The minimum absolute atomic E-state index is 0.0738. The van der Waals surface area contributed by atoms with Crippen molar-refractivity contribution in [3.8, 4) is 17.2 Å². The van der Waals surface area contributed by atoms with Crippen molar-refractivity contribution in [3.63, 3.8) is 0 Å². The van der Waals surface area contributed by atoms with Gasteiger partial charge in [0.1, 0.15) is 17.2 Å². The van der Waals surface area contributed by atoms with Crippen LogP contribution in [-0.4, -0.2) is 22.6 Å².